The minimum absolute atomic E-state index is 0.163. The van der Waals surface area contributed by atoms with Gasteiger partial charge in [-0.3, -0.25) is 9.71 Å². The van der Waals surface area contributed by atoms with E-state index in [0.29, 0.717) is 24.5 Å². The molecular weight excluding hydrogens is 412 g/mol. The minimum atomic E-state index is -3.30. The fourth-order valence-electron chi connectivity index (χ4n) is 3.45. The molecule has 1 atom stereocenters. The molecule has 2 aromatic carbocycles. The summed E-state index contributed by atoms with van der Waals surface area (Å²) in [4.78, 5) is 7.52. The molecule has 0 spiro atoms. The molecule has 4 rings (SSSR count). The van der Waals surface area contributed by atoms with Gasteiger partial charge in [-0.25, -0.2) is 8.42 Å². The van der Waals surface area contributed by atoms with Crippen molar-refractivity contribution in [3.05, 3.63) is 78.8 Å². The number of H-pyrrole nitrogens is 1. The Hall–Kier alpha value is -3.36. The summed E-state index contributed by atoms with van der Waals surface area (Å²) in [5.74, 6) is 0.630. The number of fused-ring (bicyclic) bond motifs is 1. The van der Waals surface area contributed by atoms with E-state index in [-0.39, 0.29) is 6.04 Å². The maximum atomic E-state index is 11.3. The Morgan fingerprint density at radius 2 is 1.87 bits per heavy atom. The Morgan fingerprint density at radius 1 is 1.10 bits per heavy atom. The van der Waals surface area contributed by atoms with Crippen LogP contribution in [-0.2, 0) is 16.4 Å². The third kappa shape index (κ3) is 5.42. The Bertz CT molecular complexity index is 1280. The van der Waals surface area contributed by atoms with Crippen molar-refractivity contribution in [1.29, 1.82) is 0 Å². The van der Waals surface area contributed by atoms with Crippen LogP contribution >= 0.6 is 0 Å². The number of para-hydroxylation sites is 1. The number of aromatic amines is 1. The van der Waals surface area contributed by atoms with Crippen molar-refractivity contribution in [2.45, 2.75) is 12.5 Å². The fourth-order valence-corrected chi connectivity index (χ4v) is 4.01. The van der Waals surface area contributed by atoms with Crippen LogP contribution in [0.4, 0.5) is 5.69 Å². The van der Waals surface area contributed by atoms with E-state index in [9.17, 15) is 8.42 Å². The van der Waals surface area contributed by atoms with Crippen molar-refractivity contribution in [2.24, 2.45) is 5.73 Å². The standard InChI is InChI=1S/C23H24N4O3S/c1-31(28,29)27-20-8-6-16(7-9-20)17-11-21(14-25-12-17)30-15-19(24)10-18-13-26-23-5-3-2-4-22(18)23/h2-9,11-14,19,26-27H,10,15,24H2,1H3/t19-/m0/s1. The van der Waals surface area contributed by atoms with Crippen molar-refractivity contribution in [3.63, 3.8) is 0 Å². The average Bonchev–Trinajstić information content (AvgIpc) is 3.15. The summed E-state index contributed by atoms with van der Waals surface area (Å²) in [6, 6.07) is 17.0. The zero-order valence-electron chi connectivity index (χ0n) is 17.1. The molecule has 0 aliphatic heterocycles. The lowest BCUT2D eigenvalue weighted by atomic mass is 10.1. The lowest BCUT2D eigenvalue weighted by molar-refractivity contribution is 0.287. The highest BCUT2D eigenvalue weighted by molar-refractivity contribution is 7.92. The molecule has 0 aliphatic carbocycles. The summed E-state index contributed by atoms with van der Waals surface area (Å²) >= 11 is 0. The molecule has 4 N–H and O–H groups in total. The first-order chi connectivity index (χ1) is 14.9. The second-order valence-electron chi connectivity index (χ2n) is 7.50. The van der Waals surface area contributed by atoms with Crippen molar-refractivity contribution >= 4 is 26.6 Å². The van der Waals surface area contributed by atoms with Crippen LogP contribution in [0, 0.1) is 0 Å². The molecule has 0 fully saturated rings. The fraction of sp³-hybridized carbons (Fsp3) is 0.174. The molecule has 4 aromatic rings. The van der Waals surface area contributed by atoms with Crippen LogP contribution in [-0.4, -0.2) is 37.3 Å². The number of anilines is 1. The summed E-state index contributed by atoms with van der Waals surface area (Å²) in [7, 11) is -3.30. The number of benzene rings is 2. The molecule has 0 aliphatic rings. The molecule has 0 unspecified atom stereocenters. The number of ether oxygens (including phenoxy) is 1. The van der Waals surface area contributed by atoms with Crippen LogP contribution in [0.15, 0.2) is 73.2 Å². The van der Waals surface area contributed by atoms with Crippen LogP contribution in [0.1, 0.15) is 5.56 Å². The highest BCUT2D eigenvalue weighted by Gasteiger charge is 2.10. The third-order valence-electron chi connectivity index (χ3n) is 4.86. The topological polar surface area (TPSA) is 110 Å². The van der Waals surface area contributed by atoms with E-state index in [4.69, 9.17) is 10.5 Å². The summed E-state index contributed by atoms with van der Waals surface area (Å²) < 4.78 is 31.0. The zero-order valence-corrected chi connectivity index (χ0v) is 17.9. The van der Waals surface area contributed by atoms with E-state index in [1.54, 1.807) is 24.5 Å². The van der Waals surface area contributed by atoms with Gasteiger partial charge in [-0.2, -0.15) is 0 Å². The number of hydrogen-bond donors (Lipinski definition) is 3. The summed E-state index contributed by atoms with van der Waals surface area (Å²) in [5.41, 5.74) is 10.9. The molecule has 7 nitrogen and oxygen atoms in total. The second-order valence-corrected chi connectivity index (χ2v) is 9.24. The number of sulfonamides is 1. The van der Waals surface area contributed by atoms with Crippen molar-refractivity contribution in [2.75, 3.05) is 17.6 Å². The lowest BCUT2D eigenvalue weighted by Crippen LogP contribution is -2.30. The smallest absolute Gasteiger partial charge is 0.229 e. The molecule has 0 saturated heterocycles. The van der Waals surface area contributed by atoms with Crippen molar-refractivity contribution < 1.29 is 13.2 Å². The quantitative estimate of drug-likeness (QED) is 0.391. The SMILES string of the molecule is CS(=O)(=O)Nc1ccc(-c2cncc(OC[C@@H](N)Cc3c[nH]c4ccccc34)c2)cc1. The Labute approximate surface area is 181 Å². The number of pyridine rings is 1. The van der Waals surface area contributed by atoms with Crippen LogP contribution in [0.2, 0.25) is 0 Å². The zero-order chi connectivity index (χ0) is 21.8. The van der Waals surface area contributed by atoms with E-state index in [2.05, 4.69) is 20.8 Å². The van der Waals surface area contributed by atoms with E-state index in [0.717, 1.165) is 22.9 Å². The van der Waals surface area contributed by atoms with E-state index >= 15 is 0 Å². The van der Waals surface area contributed by atoms with Gasteiger partial charge in [0.25, 0.3) is 0 Å². The van der Waals surface area contributed by atoms with Gasteiger partial charge >= 0.3 is 0 Å². The monoisotopic (exact) mass is 436 g/mol. The third-order valence-corrected chi connectivity index (χ3v) is 5.46. The number of nitrogens with two attached hydrogens (primary N) is 1. The lowest BCUT2D eigenvalue weighted by Gasteiger charge is -2.13. The van der Waals surface area contributed by atoms with Gasteiger partial charge in [-0.05, 0) is 41.8 Å². The Morgan fingerprint density at radius 3 is 2.65 bits per heavy atom. The number of nitrogens with one attached hydrogen (secondary N) is 2. The average molecular weight is 437 g/mol. The number of hydrogen-bond acceptors (Lipinski definition) is 5. The second kappa shape index (κ2) is 8.79. The molecular formula is C23H24N4O3S. The molecule has 160 valence electrons. The first-order valence-corrected chi connectivity index (χ1v) is 11.7. The first-order valence-electron chi connectivity index (χ1n) is 9.84. The normalized spacial score (nSPS) is 12.6. The van der Waals surface area contributed by atoms with Crippen LogP contribution < -0.4 is 15.2 Å². The summed E-state index contributed by atoms with van der Waals surface area (Å²) in [6.45, 7) is 0.363. The van der Waals surface area contributed by atoms with Gasteiger partial charge in [0.1, 0.15) is 12.4 Å². The summed E-state index contributed by atoms with van der Waals surface area (Å²) in [6.07, 6.45) is 7.20. The molecule has 2 heterocycles. The van der Waals surface area contributed by atoms with Crippen LogP contribution in [0.3, 0.4) is 0 Å². The molecule has 0 radical (unpaired) electrons. The number of aromatic nitrogens is 2. The molecule has 0 amide bonds. The summed E-state index contributed by atoms with van der Waals surface area (Å²) in [5, 5.41) is 1.18. The maximum Gasteiger partial charge on any atom is 0.229 e. The maximum absolute atomic E-state index is 11.3. The van der Waals surface area contributed by atoms with Gasteiger partial charge in [0, 0.05) is 40.6 Å². The molecule has 31 heavy (non-hydrogen) atoms. The predicted octanol–water partition coefficient (Wildman–Crippen LogP) is 3.55. The van der Waals surface area contributed by atoms with E-state index < -0.39 is 10.0 Å². The largest absolute Gasteiger partial charge is 0.490 e. The first kappa shape index (κ1) is 20.9. The van der Waals surface area contributed by atoms with Gasteiger partial charge in [0.05, 0.1) is 12.5 Å². The van der Waals surface area contributed by atoms with Crippen molar-refractivity contribution in [1.82, 2.24) is 9.97 Å². The van der Waals surface area contributed by atoms with Crippen molar-refractivity contribution in [3.8, 4) is 16.9 Å². The molecule has 0 saturated carbocycles. The molecule has 8 heteroatoms. The van der Waals surface area contributed by atoms with Crippen LogP contribution in [0.5, 0.6) is 5.75 Å². The highest BCUT2D eigenvalue weighted by atomic mass is 32.2. The van der Waals surface area contributed by atoms with Gasteiger partial charge in [-0.15, -0.1) is 0 Å². The van der Waals surface area contributed by atoms with E-state index in [1.807, 2.05) is 42.6 Å². The predicted molar refractivity (Wildman–Crippen MR) is 124 cm³/mol. The van der Waals surface area contributed by atoms with Gasteiger partial charge < -0.3 is 15.5 Å². The van der Waals surface area contributed by atoms with Gasteiger partial charge in [0.15, 0.2) is 0 Å². The highest BCUT2D eigenvalue weighted by Crippen LogP contribution is 2.25. The Balaban J connectivity index is 1.39. The number of rotatable bonds is 8. The minimum Gasteiger partial charge on any atom is -0.490 e. The van der Waals surface area contributed by atoms with Gasteiger partial charge in [-0.1, -0.05) is 30.3 Å². The molecule has 0 bridgehead atoms. The van der Waals surface area contributed by atoms with Gasteiger partial charge in [0.2, 0.25) is 10.0 Å². The number of nitrogens with zero attached hydrogens (tertiary/aromatic N) is 1. The van der Waals surface area contributed by atoms with Crippen LogP contribution in [0.25, 0.3) is 22.0 Å². The van der Waals surface area contributed by atoms with E-state index in [1.165, 1.54) is 10.9 Å². The molecule has 2 aromatic heterocycles. The Kier molecular flexibility index (Phi) is 5.92.